The fourth-order valence-electron chi connectivity index (χ4n) is 3.11. The molecule has 0 fully saturated rings. The van der Waals surface area contributed by atoms with Gasteiger partial charge in [0.25, 0.3) is 5.56 Å². The number of aryl methyl sites for hydroxylation is 1. The van der Waals surface area contributed by atoms with Crippen LogP contribution in [0.15, 0.2) is 58.1 Å². The van der Waals surface area contributed by atoms with E-state index in [1.807, 2.05) is 45.0 Å². The molecular formula is C21H23N3O3. The number of rotatable bonds is 5. The number of para-hydroxylation sites is 2. The number of aromatic nitrogens is 2. The molecule has 1 aromatic heterocycles. The van der Waals surface area contributed by atoms with Crippen molar-refractivity contribution in [2.75, 3.05) is 5.32 Å². The summed E-state index contributed by atoms with van der Waals surface area (Å²) in [4.78, 5) is 38.4. The highest BCUT2D eigenvalue weighted by Crippen LogP contribution is 2.14. The lowest BCUT2D eigenvalue weighted by molar-refractivity contribution is -0.116. The van der Waals surface area contributed by atoms with Crippen LogP contribution in [0.4, 0.5) is 5.69 Å². The second-order valence-corrected chi connectivity index (χ2v) is 6.68. The number of nitrogens with zero attached hydrogens (tertiary/aromatic N) is 2. The zero-order valence-electron chi connectivity index (χ0n) is 15.7. The molecule has 0 aliphatic rings. The van der Waals surface area contributed by atoms with Crippen LogP contribution in [0, 0.1) is 6.92 Å². The summed E-state index contributed by atoms with van der Waals surface area (Å²) in [5.74, 6) is -0.314. The summed E-state index contributed by atoms with van der Waals surface area (Å²) in [6, 6.07) is 14.1. The number of amides is 1. The van der Waals surface area contributed by atoms with Gasteiger partial charge >= 0.3 is 5.69 Å². The minimum atomic E-state index is -0.465. The smallest absolute Gasteiger partial charge is 0.324 e. The van der Waals surface area contributed by atoms with E-state index in [-0.39, 0.29) is 24.1 Å². The molecule has 0 radical (unpaired) electrons. The van der Waals surface area contributed by atoms with Crippen molar-refractivity contribution in [2.24, 2.45) is 0 Å². The molecule has 27 heavy (non-hydrogen) atoms. The number of benzene rings is 2. The fourth-order valence-corrected chi connectivity index (χ4v) is 3.11. The van der Waals surface area contributed by atoms with E-state index in [2.05, 4.69) is 5.32 Å². The molecular weight excluding hydrogens is 342 g/mol. The standard InChI is InChI=1S/C21H23N3O3/c1-4-15(3)24-20(26)16-10-6-8-12-18(16)23(21(24)27)13-19(25)22-17-11-7-5-9-14(17)2/h5-12,15H,4,13H2,1-3H3,(H,22,25)/t15-/m1/s1. The average Bonchev–Trinajstić information content (AvgIpc) is 2.67. The first-order valence-electron chi connectivity index (χ1n) is 9.03. The fraction of sp³-hybridized carbons (Fsp3) is 0.286. The molecule has 6 nitrogen and oxygen atoms in total. The summed E-state index contributed by atoms with van der Waals surface area (Å²) in [5, 5.41) is 3.27. The zero-order chi connectivity index (χ0) is 19.6. The summed E-state index contributed by atoms with van der Waals surface area (Å²) in [5.41, 5.74) is 1.32. The number of hydrogen-bond donors (Lipinski definition) is 1. The van der Waals surface area contributed by atoms with E-state index in [4.69, 9.17) is 0 Å². The minimum Gasteiger partial charge on any atom is -0.324 e. The third-order valence-corrected chi connectivity index (χ3v) is 4.83. The maximum atomic E-state index is 13.0. The first kappa shape index (κ1) is 18.6. The third-order valence-electron chi connectivity index (χ3n) is 4.83. The molecule has 1 N–H and O–H groups in total. The number of carbonyl (C=O) groups excluding carboxylic acids is 1. The van der Waals surface area contributed by atoms with Crippen LogP contribution in [0.2, 0.25) is 0 Å². The largest absolute Gasteiger partial charge is 0.332 e. The molecule has 3 rings (SSSR count). The van der Waals surface area contributed by atoms with Crippen LogP contribution in [-0.4, -0.2) is 15.0 Å². The molecule has 140 valence electrons. The maximum absolute atomic E-state index is 13.0. The van der Waals surface area contributed by atoms with Gasteiger partial charge in [0, 0.05) is 11.7 Å². The van der Waals surface area contributed by atoms with Crippen LogP contribution in [0.3, 0.4) is 0 Å². The van der Waals surface area contributed by atoms with Crippen LogP contribution in [0.5, 0.6) is 0 Å². The van der Waals surface area contributed by atoms with Crippen LogP contribution in [0.1, 0.15) is 31.9 Å². The van der Waals surface area contributed by atoms with E-state index >= 15 is 0 Å². The van der Waals surface area contributed by atoms with E-state index in [9.17, 15) is 14.4 Å². The Morgan fingerprint density at radius 1 is 1.07 bits per heavy atom. The molecule has 1 heterocycles. The molecule has 6 heteroatoms. The second kappa shape index (κ2) is 7.61. The average molecular weight is 365 g/mol. The monoisotopic (exact) mass is 365 g/mol. The van der Waals surface area contributed by atoms with Crippen molar-refractivity contribution in [2.45, 2.75) is 39.8 Å². The summed E-state index contributed by atoms with van der Waals surface area (Å²) in [6.45, 7) is 5.49. The molecule has 0 aliphatic heterocycles. The molecule has 0 spiro atoms. The number of anilines is 1. The van der Waals surface area contributed by atoms with Gasteiger partial charge in [-0.05, 0) is 44.0 Å². The van der Waals surface area contributed by atoms with Crippen molar-refractivity contribution in [1.29, 1.82) is 0 Å². The first-order chi connectivity index (χ1) is 12.9. The van der Waals surface area contributed by atoms with Crippen molar-refractivity contribution in [3.8, 4) is 0 Å². The summed E-state index contributed by atoms with van der Waals surface area (Å²) in [7, 11) is 0. The highest BCUT2D eigenvalue weighted by Gasteiger charge is 2.18. The van der Waals surface area contributed by atoms with E-state index in [0.29, 0.717) is 23.0 Å². The number of carbonyl (C=O) groups is 1. The highest BCUT2D eigenvalue weighted by atomic mass is 16.2. The Labute approximate surface area is 157 Å². The Balaban J connectivity index is 2.08. The lowest BCUT2D eigenvalue weighted by Gasteiger charge is -2.17. The summed E-state index contributed by atoms with van der Waals surface area (Å²) in [6.07, 6.45) is 0.642. The van der Waals surface area contributed by atoms with Gasteiger partial charge in [0.05, 0.1) is 10.9 Å². The molecule has 2 aromatic carbocycles. The molecule has 0 saturated carbocycles. The van der Waals surface area contributed by atoms with Gasteiger partial charge in [0.15, 0.2) is 0 Å². The predicted octanol–water partition coefficient (Wildman–Crippen LogP) is 3.08. The number of hydrogen-bond acceptors (Lipinski definition) is 3. The summed E-state index contributed by atoms with van der Waals surface area (Å²) >= 11 is 0. The van der Waals surface area contributed by atoms with Crippen LogP contribution < -0.4 is 16.6 Å². The highest BCUT2D eigenvalue weighted by molar-refractivity contribution is 5.92. The topological polar surface area (TPSA) is 73.1 Å². The van der Waals surface area contributed by atoms with E-state index in [1.54, 1.807) is 24.3 Å². The Morgan fingerprint density at radius 2 is 1.74 bits per heavy atom. The maximum Gasteiger partial charge on any atom is 0.332 e. The third kappa shape index (κ3) is 3.56. The SMILES string of the molecule is CC[C@@H](C)n1c(=O)c2ccccc2n(CC(=O)Nc2ccccc2C)c1=O. The van der Waals surface area contributed by atoms with Gasteiger partial charge in [-0.2, -0.15) is 0 Å². The van der Waals surface area contributed by atoms with Gasteiger partial charge in [-0.1, -0.05) is 37.3 Å². The summed E-state index contributed by atoms with van der Waals surface area (Å²) < 4.78 is 2.61. The second-order valence-electron chi connectivity index (χ2n) is 6.68. The van der Waals surface area contributed by atoms with Gasteiger partial charge in [-0.3, -0.25) is 18.7 Å². The van der Waals surface area contributed by atoms with Crippen molar-refractivity contribution in [3.05, 3.63) is 74.9 Å². The lowest BCUT2D eigenvalue weighted by Crippen LogP contribution is -2.43. The van der Waals surface area contributed by atoms with Crippen molar-refractivity contribution in [1.82, 2.24) is 9.13 Å². The predicted molar refractivity (Wildman–Crippen MR) is 107 cm³/mol. The number of nitrogens with one attached hydrogen (secondary N) is 1. The van der Waals surface area contributed by atoms with E-state index in [0.717, 1.165) is 5.56 Å². The molecule has 3 aromatic rings. The Bertz CT molecular complexity index is 1110. The Kier molecular flexibility index (Phi) is 5.26. The first-order valence-corrected chi connectivity index (χ1v) is 9.03. The van der Waals surface area contributed by atoms with Crippen molar-refractivity contribution >= 4 is 22.5 Å². The van der Waals surface area contributed by atoms with E-state index in [1.165, 1.54) is 9.13 Å². The normalized spacial score (nSPS) is 12.1. The Morgan fingerprint density at radius 3 is 2.44 bits per heavy atom. The minimum absolute atomic E-state index is 0.162. The van der Waals surface area contributed by atoms with Crippen LogP contribution in [-0.2, 0) is 11.3 Å². The van der Waals surface area contributed by atoms with Gasteiger partial charge in [0.1, 0.15) is 6.54 Å². The molecule has 1 amide bonds. The van der Waals surface area contributed by atoms with Gasteiger partial charge in [-0.25, -0.2) is 4.79 Å². The lowest BCUT2D eigenvalue weighted by atomic mass is 10.2. The molecule has 0 saturated heterocycles. The molecule has 1 atom stereocenters. The molecule has 0 unspecified atom stereocenters. The Hall–Kier alpha value is -3.15. The van der Waals surface area contributed by atoms with Crippen molar-refractivity contribution in [3.63, 3.8) is 0 Å². The molecule has 0 bridgehead atoms. The quantitative estimate of drug-likeness (QED) is 0.755. The van der Waals surface area contributed by atoms with Gasteiger partial charge < -0.3 is 5.32 Å². The number of fused-ring (bicyclic) bond motifs is 1. The molecule has 0 aliphatic carbocycles. The van der Waals surface area contributed by atoms with Crippen LogP contribution in [0.25, 0.3) is 10.9 Å². The van der Waals surface area contributed by atoms with E-state index < -0.39 is 5.69 Å². The van der Waals surface area contributed by atoms with Gasteiger partial charge in [-0.15, -0.1) is 0 Å². The van der Waals surface area contributed by atoms with Crippen LogP contribution >= 0.6 is 0 Å². The zero-order valence-corrected chi connectivity index (χ0v) is 15.7. The van der Waals surface area contributed by atoms with Crippen molar-refractivity contribution < 1.29 is 4.79 Å². The van der Waals surface area contributed by atoms with Gasteiger partial charge in [0.2, 0.25) is 5.91 Å².